The molecule has 0 aliphatic heterocycles. The molecule has 0 spiro atoms. The lowest BCUT2D eigenvalue weighted by molar-refractivity contribution is 1.14. The van der Waals surface area contributed by atoms with E-state index >= 15 is 0 Å². The number of pyridine rings is 1. The number of nitrogen functional groups attached to an aromatic ring is 1. The van der Waals surface area contributed by atoms with Crippen LogP contribution in [0.5, 0.6) is 0 Å². The summed E-state index contributed by atoms with van der Waals surface area (Å²) in [5.74, 6) is 0. The summed E-state index contributed by atoms with van der Waals surface area (Å²) < 4.78 is 1.06. The topological polar surface area (TPSA) is 38.9 Å². The molecule has 2 N–H and O–H groups in total. The van der Waals surface area contributed by atoms with Crippen molar-refractivity contribution in [2.75, 3.05) is 5.73 Å². The van der Waals surface area contributed by atoms with Crippen LogP contribution in [-0.2, 0) is 0 Å². The number of nitrogens with two attached hydrogens (primary N) is 1. The zero-order chi connectivity index (χ0) is 10.7. The van der Waals surface area contributed by atoms with E-state index in [0.717, 1.165) is 14.4 Å². The number of halogens is 1. The highest BCUT2D eigenvalue weighted by atomic mass is 79.9. The van der Waals surface area contributed by atoms with E-state index in [9.17, 15) is 0 Å². The molecule has 0 amide bonds. The van der Waals surface area contributed by atoms with Gasteiger partial charge in [0, 0.05) is 15.6 Å². The van der Waals surface area contributed by atoms with Crippen molar-refractivity contribution in [3.05, 3.63) is 47.1 Å². The Labute approximate surface area is 101 Å². The molecule has 0 bridgehead atoms. The van der Waals surface area contributed by atoms with Gasteiger partial charge in [-0.15, -0.1) is 0 Å². The molecule has 1 aromatic carbocycles. The Balaban J connectivity index is 2.26. The smallest absolute Gasteiger partial charge is 0.124 e. The predicted molar refractivity (Wildman–Crippen MR) is 66.9 cm³/mol. The highest BCUT2D eigenvalue weighted by molar-refractivity contribution is 9.10. The van der Waals surface area contributed by atoms with Crippen LogP contribution in [0.2, 0.25) is 0 Å². The number of benzene rings is 1. The van der Waals surface area contributed by atoms with Gasteiger partial charge in [-0.05, 0) is 30.3 Å². The molecule has 2 aromatic rings. The van der Waals surface area contributed by atoms with Crippen molar-refractivity contribution in [2.24, 2.45) is 0 Å². The molecule has 0 aliphatic carbocycles. The number of nitrogens with zero attached hydrogens (tertiary/aromatic N) is 1. The summed E-state index contributed by atoms with van der Waals surface area (Å²) in [5.41, 5.74) is 6.52. The molecular weight excluding hydrogens is 272 g/mol. The van der Waals surface area contributed by atoms with Crippen LogP contribution in [0.1, 0.15) is 0 Å². The third-order valence-corrected chi connectivity index (χ3v) is 3.33. The first-order valence-electron chi connectivity index (χ1n) is 4.39. The SMILES string of the molecule is Nc1cccnc1Sc1cccc(Br)c1. The zero-order valence-electron chi connectivity index (χ0n) is 7.85. The average molecular weight is 281 g/mol. The lowest BCUT2D eigenvalue weighted by Gasteiger charge is -2.03. The third-order valence-electron chi connectivity index (χ3n) is 1.81. The number of hydrogen-bond donors (Lipinski definition) is 1. The minimum atomic E-state index is 0.711. The van der Waals surface area contributed by atoms with Crippen molar-refractivity contribution in [1.82, 2.24) is 4.98 Å². The second-order valence-electron chi connectivity index (χ2n) is 2.96. The second-order valence-corrected chi connectivity index (χ2v) is 4.94. The van der Waals surface area contributed by atoms with Crippen molar-refractivity contribution in [1.29, 1.82) is 0 Å². The molecule has 15 heavy (non-hydrogen) atoms. The fraction of sp³-hybridized carbons (Fsp3) is 0. The van der Waals surface area contributed by atoms with Gasteiger partial charge in [-0.3, -0.25) is 0 Å². The summed E-state index contributed by atoms with van der Waals surface area (Å²) >= 11 is 4.99. The lowest BCUT2D eigenvalue weighted by Crippen LogP contribution is -1.90. The summed E-state index contributed by atoms with van der Waals surface area (Å²) in [6, 6.07) is 11.7. The number of anilines is 1. The van der Waals surface area contributed by atoms with Crippen molar-refractivity contribution in [3.8, 4) is 0 Å². The van der Waals surface area contributed by atoms with E-state index in [4.69, 9.17) is 5.73 Å². The molecule has 0 unspecified atom stereocenters. The Morgan fingerprint density at radius 1 is 1.20 bits per heavy atom. The van der Waals surface area contributed by atoms with Crippen LogP contribution in [0.3, 0.4) is 0 Å². The molecule has 2 rings (SSSR count). The van der Waals surface area contributed by atoms with E-state index in [0.29, 0.717) is 5.69 Å². The van der Waals surface area contributed by atoms with Gasteiger partial charge in [0.2, 0.25) is 0 Å². The third kappa shape index (κ3) is 2.73. The second kappa shape index (κ2) is 4.68. The summed E-state index contributed by atoms with van der Waals surface area (Å²) in [5, 5.41) is 0.843. The largest absolute Gasteiger partial charge is 0.397 e. The van der Waals surface area contributed by atoms with Gasteiger partial charge >= 0.3 is 0 Å². The normalized spacial score (nSPS) is 10.2. The van der Waals surface area contributed by atoms with Crippen molar-refractivity contribution in [2.45, 2.75) is 9.92 Å². The first kappa shape index (κ1) is 10.5. The Morgan fingerprint density at radius 2 is 2.07 bits per heavy atom. The molecule has 1 heterocycles. The van der Waals surface area contributed by atoms with E-state index < -0.39 is 0 Å². The van der Waals surface area contributed by atoms with E-state index in [1.54, 1.807) is 18.0 Å². The molecular formula is C11H9BrN2S. The van der Waals surface area contributed by atoms with Gasteiger partial charge in [-0.25, -0.2) is 4.98 Å². The van der Waals surface area contributed by atoms with Crippen molar-refractivity contribution in [3.63, 3.8) is 0 Å². The minimum Gasteiger partial charge on any atom is -0.397 e. The summed E-state index contributed by atoms with van der Waals surface area (Å²) in [6.07, 6.45) is 1.75. The standard InChI is InChI=1S/C11H9BrN2S/c12-8-3-1-4-9(7-8)15-11-10(13)5-2-6-14-11/h1-7H,13H2. The average Bonchev–Trinajstić information content (AvgIpc) is 2.22. The van der Waals surface area contributed by atoms with Crippen LogP contribution < -0.4 is 5.73 Å². The maximum absolute atomic E-state index is 5.81. The Morgan fingerprint density at radius 3 is 2.80 bits per heavy atom. The fourth-order valence-corrected chi connectivity index (χ4v) is 2.54. The Bertz CT molecular complexity index is 474. The lowest BCUT2D eigenvalue weighted by atomic mass is 10.4. The van der Waals surface area contributed by atoms with Crippen LogP contribution >= 0.6 is 27.7 Å². The molecule has 4 heteroatoms. The first-order chi connectivity index (χ1) is 7.25. The van der Waals surface area contributed by atoms with Crippen LogP contribution in [0.25, 0.3) is 0 Å². The van der Waals surface area contributed by atoms with E-state index in [1.807, 2.05) is 36.4 Å². The van der Waals surface area contributed by atoms with Crippen LogP contribution in [0, 0.1) is 0 Å². The summed E-state index contributed by atoms with van der Waals surface area (Å²) in [7, 11) is 0. The van der Waals surface area contributed by atoms with Gasteiger partial charge in [0.25, 0.3) is 0 Å². The van der Waals surface area contributed by atoms with Gasteiger partial charge in [0.05, 0.1) is 5.69 Å². The monoisotopic (exact) mass is 280 g/mol. The van der Waals surface area contributed by atoms with E-state index in [2.05, 4.69) is 20.9 Å². The van der Waals surface area contributed by atoms with Gasteiger partial charge in [0.1, 0.15) is 5.03 Å². The van der Waals surface area contributed by atoms with Crippen LogP contribution in [0.4, 0.5) is 5.69 Å². The highest BCUT2D eigenvalue weighted by Gasteiger charge is 2.02. The number of hydrogen-bond acceptors (Lipinski definition) is 3. The quantitative estimate of drug-likeness (QED) is 0.914. The number of rotatable bonds is 2. The molecule has 76 valence electrons. The van der Waals surface area contributed by atoms with Crippen molar-refractivity contribution >= 4 is 33.4 Å². The van der Waals surface area contributed by atoms with Gasteiger partial charge in [0.15, 0.2) is 0 Å². The molecule has 0 saturated heterocycles. The fourth-order valence-electron chi connectivity index (χ4n) is 1.13. The Kier molecular flexibility index (Phi) is 3.28. The van der Waals surface area contributed by atoms with Gasteiger partial charge in [-0.2, -0.15) is 0 Å². The van der Waals surface area contributed by atoms with Crippen LogP contribution in [0.15, 0.2) is 57.0 Å². The van der Waals surface area contributed by atoms with Gasteiger partial charge in [-0.1, -0.05) is 33.8 Å². The molecule has 0 aliphatic rings. The molecule has 2 nitrogen and oxygen atoms in total. The molecule has 1 aromatic heterocycles. The number of aromatic nitrogens is 1. The maximum Gasteiger partial charge on any atom is 0.124 e. The predicted octanol–water partition coefficient (Wildman–Crippen LogP) is 3.58. The minimum absolute atomic E-state index is 0.711. The van der Waals surface area contributed by atoms with Crippen molar-refractivity contribution < 1.29 is 0 Å². The summed E-state index contributed by atoms with van der Waals surface area (Å²) in [6.45, 7) is 0. The molecule has 0 saturated carbocycles. The van der Waals surface area contributed by atoms with Crippen LogP contribution in [-0.4, -0.2) is 4.98 Å². The molecule has 0 fully saturated rings. The first-order valence-corrected chi connectivity index (χ1v) is 6.00. The van der Waals surface area contributed by atoms with E-state index in [1.165, 1.54) is 0 Å². The Hall–Kier alpha value is -1.00. The van der Waals surface area contributed by atoms with E-state index in [-0.39, 0.29) is 0 Å². The molecule has 0 atom stereocenters. The van der Waals surface area contributed by atoms with Gasteiger partial charge < -0.3 is 5.73 Å². The zero-order valence-corrected chi connectivity index (χ0v) is 10.3. The highest BCUT2D eigenvalue weighted by Crippen LogP contribution is 2.31. The molecule has 0 radical (unpaired) electrons. The summed E-state index contributed by atoms with van der Waals surface area (Å²) in [4.78, 5) is 5.35. The maximum atomic E-state index is 5.81.